The van der Waals surface area contributed by atoms with E-state index in [-0.39, 0.29) is 28.9 Å². The zero-order valence-corrected chi connectivity index (χ0v) is 17.3. The number of hydrogen-bond acceptors (Lipinski definition) is 5. The average molecular weight is 427 g/mol. The molecule has 0 bridgehead atoms. The van der Waals surface area contributed by atoms with E-state index >= 15 is 0 Å². The van der Waals surface area contributed by atoms with Gasteiger partial charge in [-0.15, -0.1) is 0 Å². The largest absolute Gasteiger partial charge is 0.462 e. The molecule has 154 valence electrons. The molecule has 1 atom stereocenters. The van der Waals surface area contributed by atoms with Crippen molar-refractivity contribution in [2.45, 2.75) is 20.3 Å². The van der Waals surface area contributed by atoms with E-state index in [1.165, 1.54) is 18.2 Å². The van der Waals surface area contributed by atoms with Crippen LogP contribution < -0.4 is 5.73 Å². The summed E-state index contributed by atoms with van der Waals surface area (Å²) in [4.78, 5) is 22.2. The molecule has 4 rings (SSSR count). The van der Waals surface area contributed by atoms with Gasteiger partial charge in [0.1, 0.15) is 22.7 Å². The minimum atomic E-state index is -0.575. The number of fused-ring (bicyclic) bond motifs is 2. The summed E-state index contributed by atoms with van der Waals surface area (Å²) in [6, 6.07) is 11.5. The van der Waals surface area contributed by atoms with Gasteiger partial charge in [0.2, 0.25) is 0 Å². The van der Waals surface area contributed by atoms with Crippen LogP contribution in [0.3, 0.4) is 0 Å². The first-order valence-corrected chi connectivity index (χ1v) is 9.97. The number of para-hydroxylation sites is 2. The predicted molar refractivity (Wildman–Crippen MR) is 115 cm³/mol. The lowest BCUT2D eigenvalue weighted by Crippen LogP contribution is -2.13. The lowest BCUT2D eigenvalue weighted by Gasteiger charge is -2.10. The number of carbonyl (C=O) groups is 1. The molecule has 2 N–H and O–H groups in total. The smallest absolute Gasteiger partial charge is 0.344 e. The molecule has 0 aliphatic carbocycles. The molecule has 0 amide bonds. The average Bonchev–Trinajstić information content (AvgIpc) is 3.02. The molecule has 0 unspecified atom stereocenters. The second kappa shape index (κ2) is 7.91. The Labute approximate surface area is 177 Å². The highest BCUT2D eigenvalue weighted by Gasteiger charge is 2.26. The van der Waals surface area contributed by atoms with Crippen LogP contribution in [0.4, 0.5) is 10.2 Å². The number of esters is 1. The van der Waals surface area contributed by atoms with E-state index in [1.54, 1.807) is 10.6 Å². The fraction of sp³-hybridized carbons (Fsp3) is 0.227. The molecule has 2 aromatic carbocycles. The second-order valence-electron chi connectivity index (χ2n) is 7.19. The topological polar surface area (TPSA) is 83.0 Å². The van der Waals surface area contributed by atoms with Crippen molar-refractivity contribution in [2.75, 3.05) is 12.3 Å². The van der Waals surface area contributed by atoms with Crippen LogP contribution >= 0.6 is 11.6 Å². The number of ether oxygens (including phenoxy) is 1. The zero-order chi connectivity index (χ0) is 21.4. The van der Waals surface area contributed by atoms with Crippen molar-refractivity contribution < 1.29 is 13.9 Å². The molecular formula is C22H20ClFN4O2. The van der Waals surface area contributed by atoms with Crippen molar-refractivity contribution in [3.05, 3.63) is 58.9 Å². The number of carbonyl (C=O) groups excluding carboxylic acids is 1. The number of rotatable bonds is 5. The van der Waals surface area contributed by atoms with Gasteiger partial charge in [0.25, 0.3) is 0 Å². The predicted octanol–water partition coefficient (Wildman–Crippen LogP) is 5.15. The standard InChI is InChI=1S/C22H20ClFN4O2/c1-3-12(2)11-30-22(29)18-19-21(27-17-7-5-4-6-16(17)26-19)28(20(18)25)13-8-9-15(24)14(23)10-13/h4-10,12H,3,11,25H2,1-2H3/t12-/m1/s1. The molecule has 2 aromatic heterocycles. The lowest BCUT2D eigenvalue weighted by molar-refractivity contribution is 0.0450. The van der Waals surface area contributed by atoms with Crippen LogP contribution in [0.2, 0.25) is 5.02 Å². The van der Waals surface area contributed by atoms with Gasteiger partial charge < -0.3 is 10.5 Å². The minimum Gasteiger partial charge on any atom is -0.462 e. The Balaban J connectivity index is 1.96. The van der Waals surface area contributed by atoms with Crippen LogP contribution in [0, 0.1) is 11.7 Å². The molecule has 0 radical (unpaired) electrons. The van der Waals surface area contributed by atoms with Gasteiger partial charge in [-0.05, 0) is 36.2 Å². The molecule has 0 fully saturated rings. The number of nitrogens with zero attached hydrogens (tertiary/aromatic N) is 3. The number of hydrogen-bond donors (Lipinski definition) is 1. The van der Waals surface area contributed by atoms with Crippen LogP contribution in [0.1, 0.15) is 30.6 Å². The third-order valence-corrected chi connectivity index (χ3v) is 5.35. The summed E-state index contributed by atoms with van der Waals surface area (Å²) < 4.78 is 20.7. The molecule has 6 nitrogen and oxygen atoms in total. The number of aromatic nitrogens is 3. The Hall–Kier alpha value is -3.19. The zero-order valence-electron chi connectivity index (χ0n) is 16.5. The van der Waals surface area contributed by atoms with Crippen molar-refractivity contribution in [1.29, 1.82) is 0 Å². The highest BCUT2D eigenvalue weighted by atomic mass is 35.5. The maximum absolute atomic E-state index is 13.7. The second-order valence-corrected chi connectivity index (χ2v) is 7.60. The summed E-state index contributed by atoms with van der Waals surface area (Å²) in [5.74, 6) is -0.807. The molecule has 0 aliphatic heterocycles. The third-order valence-electron chi connectivity index (χ3n) is 5.06. The van der Waals surface area contributed by atoms with Crippen molar-refractivity contribution in [3.8, 4) is 5.69 Å². The van der Waals surface area contributed by atoms with Crippen molar-refractivity contribution in [1.82, 2.24) is 14.5 Å². The Morgan fingerprint density at radius 2 is 1.93 bits per heavy atom. The van der Waals surface area contributed by atoms with Crippen LogP contribution in [0.15, 0.2) is 42.5 Å². The van der Waals surface area contributed by atoms with Gasteiger partial charge in [0, 0.05) is 0 Å². The Bertz CT molecular complexity index is 1270. The Kier molecular flexibility index (Phi) is 5.30. The fourth-order valence-electron chi connectivity index (χ4n) is 3.16. The van der Waals surface area contributed by atoms with Gasteiger partial charge in [-0.1, -0.05) is 44.0 Å². The molecule has 4 aromatic rings. The van der Waals surface area contributed by atoms with Crippen LogP contribution in [0.5, 0.6) is 0 Å². The van der Waals surface area contributed by atoms with Crippen LogP contribution in [-0.2, 0) is 4.74 Å². The quantitative estimate of drug-likeness (QED) is 0.446. The first-order valence-electron chi connectivity index (χ1n) is 9.60. The number of nitrogens with two attached hydrogens (primary N) is 1. The van der Waals surface area contributed by atoms with E-state index in [2.05, 4.69) is 9.97 Å². The van der Waals surface area contributed by atoms with E-state index in [4.69, 9.17) is 22.1 Å². The minimum absolute atomic E-state index is 0.0663. The highest BCUT2D eigenvalue weighted by Crippen LogP contribution is 2.32. The maximum atomic E-state index is 13.7. The van der Waals surface area contributed by atoms with Gasteiger partial charge in [0.05, 0.1) is 28.4 Å². The summed E-state index contributed by atoms with van der Waals surface area (Å²) in [6.45, 7) is 4.28. The Morgan fingerprint density at radius 3 is 2.60 bits per heavy atom. The Morgan fingerprint density at radius 1 is 1.23 bits per heavy atom. The van der Waals surface area contributed by atoms with Crippen molar-refractivity contribution >= 4 is 45.6 Å². The van der Waals surface area contributed by atoms with Crippen molar-refractivity contribution in [2.24, 2.45) is 5.92 Å². The van der Waals surface area contributed by atoms with Crippen LogP contribution in [-0.4, -0.2) is 27.1 Å². The number of benzene rings is 2. The normalized spacial score (nSPS) is 12.4. The van der Waals surface area contributed by atoms with Crippen LogP contribution in [0.25, 0.3) is 27.9 Å². The SMILES string of the molecule is CC[C@@H](C)COC(=O)c1c(N)n(-c2ccc(F)c(Cl)c2)c2nc3ccccc3nc12. The van der Waals surface area contributed by atoms with E-state index in [0.717, 1.165) is 6.42 Å². The molecule has 30 heavy (non-hydrogen) atoms. The molecule has 0 spiro atoms. The van der Waals surface area contributed by atoms with Gasteiger partial charge in [-0.2, -0.15) is 0 Å². The highest BCUT2D eigenvalue weighted by molar-refractivity contribution is 6.31. The third kappa shape index (κ3) is 3.45. The summed E-state index contributed by atoms with van der Waals surface area (Å²) >= 11 is 5.98. The first kappa shape index (κ1) is 20.1. The molecular weight excluding hydrogens is 407 g/mol. The maximum Gasteiger partial charge on any atom is 0.344 e. The van der Waals surface area contributed by atoms with E-state index in [9.17, 15) is 9.18 Å². The van der Waals surface area contributed by atoms with E-state index in [0.29, 0.717) is 27.9 Å². The van der Waals surface area contributed by atoms with Gasteiger partial charge in [0.15, 0.2) is 5.65 Å². The van der Waals surface area contributed by atoms with Gasteiger partial charge in [-0.3, -0.25) is 4.57 Å². The van der Waals surface area contributed by atoms with E-state index in [1.807, 2.05) is 32.0 Å². The number of anilines is 1. The molecule has 8 heteroatoms. The summed E-state index contributed by atoms with van der Waals surface area (Å²) in [5.41, 5.74) is 8.92. The van der Waals surface area contributed by atoms with E-state index < -0.39 is 11.8 Å². The molecule has 0 saturated heterocycles. The van der Waals surface area contributed by atoms with Gasteiger partial charge in [-0.25, -0.2) is 19.2 Å². The number of halogens is 2. The summed E-state index contributed by atoms with van der Waals surface area (Å²) in [6.07, 6.45) is 0.878. The van der Waals surface area contributed by atoms with Gasteiger partial charge >= 0.3 is 5.97 Å². The fourth-order valence-corrected chi connectivity index (χ4v) is 3.33. The molecule has 0 saturated carbocycles. The summed E-state index contributed by atoms with van der Waals surface area (Å²) in [5, 5.41) is -0.0663. The monoisotopic (exact) mass is 426 g/mol. The van der Waals surface area contributed by atoms with Crippen molar-refractivity contribution in [3.63, 3.8) is 0 Å². The molecule has 2 heterocycles. The molecule has 0 aliphatic rings. The summed E-state index contributed by atoms with van der Waals surface area (Å²) in [7, 11) is 0. The number of nitrogen functional groups attached to an aromatic ring is 1. The first-order chi connectivity index (χ1) is 14.4. The lowest BCUT2D eigenvalue weighted by atomic mass is 10.1.